The van der Waals surface area contributed by atoms with E-state index in [-0.39, 0.29) is 0 Å². The minimum atomic E-state index is 0.656. The van der Waals surface area contributed by atoms with Gasteiger partial charge in [-0.3, -0.25) is 0 Å². The smallest absolute Gasteiger partial charge is 0.0541 e. The van der Waals surface area contributed by atoms with Crippen LogP contribution in [0.25, 0.3) is 38.6 Å². The van der Waals surface area contributed by atoms with Gasteiger partial charge < -0.3 is 10.3 Å². The summed E-state index contributed by atoms with van der Waals surface area (Å²) in [6.45, 7) is 0. The van der Waals surface area contributed by atoms with E-state index in [0.717, 1.165) is 16.8 Å². The number of nitrogen functional groups attached to an aromatic ring is 1. The number of nitrogens with zero attached hydrogens (tertiary/aromatic N) is 1. The second-order valence-electron chi connectivity index (χ2n) is 6.63. The van der Waals surface area contributed by atoms with E-state index < -0.39 is 0 Å². The highest BCUT2D eigenvalue weighted by molar-refractivity contribution is 6.33. The Morgan fingerprint density at radius 1 is 0.630 bits per heavy atom. The van der Waals surface area contributed by atoms with Gasteiger partial charge in [0, 0.05) is 27.6 Å². The quantitative estimate of drug-likeness (QED) is 0.346. The summed E-state index contributed by atoms with van der Waals surface area (Å²) >= 11 is 6.54. The van der Waals surface area contributed by atoms with Gasteiger partial charge in [0.1, 0.15) is 0 Å². The van der Waals surface area contributed by atoms with Crippen molar-refractivity contribution in [3.8, 4) is 16.8 Å². The van der Waals surface area contributed by atoms with E-state index in [1.165, 1.54) is 21.8 Å². The molecule has 27 heavy (non-hydrogen) atoms. The monoisotopic (exact) mass is 368 g/mol. The Hall–Kier alpha value is -3.23. The Bertz CT molecular complexity index is 1250. The number of hydrogen-bond donors (Lipinski definition) is 1. The van der Waals surface area contributed by atoms with E-state index in [4.69, 9.17) is 17.3 Å². The first-order valence-corrected chi connectivity index (χ1v) is 9.25. The van der Waals surface area contributed by atoms with Gasteiger partial charge in [-0.05, 0) is 30.3 Å². The third-order valence-electron chi connectivity index (χ3n) is 5.01. The lowest BCUT2D eigenvalue weighted by molar-refractivity contribution is 1.18. The molecule has 3 heteroatoms. The molecule has 0 spiro atoms. The van der Waals surface area contributed by atoms with Gasteiger partial charge >= 0.3 is 0 Å². The number of halogens is 1. The first-order chi connectivity index (χ1) is 13.2. The largest absolute Gasteiger partial charge is 0.399 e. The maximum absolute atomic E-state index is 6.54. The predicted octanol–water partition coefficient (Wildman–Crippen LogP) is 6.69. The lowest BCUT2D eigenvalue weighted by atomic mass is 10.0. The Labute approximate surface area is 162 Å². The minimum Gasteiger partial charge on any atom is -0.399 e. The average molecular weight is 369 g/mol. The van der Waals surface area contributed by atoms with Crippen LogP contribution in [0.3, 0.4) is 0 Å². The van der Waals surface area contributed by atoms with E-state index in [0.29, 0.717) is 10.7 Å². The van der Waals surface area contributed by atoms with Crippen molar-refractivity contribution < 1.29 is 0 Å². The van der Waals surface area contributed by atoms with Crippen LogP contribution in [-0.4, -0.2) is 4.57 Å². The van der Waals surface area contributed by atoms with E-state index in [1.807, 2.05) is 18.2 Å². The first-order valence-electron chi connectivity index (χ1n) is 8.87. The van der Waals surface area contributed by atoms with Gasteiger partial charge in [-0.15, -0.1) is 0 Å². The fraction of sp³-hybridized carbons (Fsp3) is 0. The predicted molar refractivity (Wildman–Crippen MR) is 116 cm³/mol. The van der Waals surface area contributed by atoms with Gasteiger partial charge in [0.15, 0.2) is 0 Å². The van der Waals surface area contributed by atoms with Crippen LogP contribution in [0.15, 0.2) is 91.0 Å². The lowest BCUT2D eigenvalue weighted by Crippen LogP contribution is -1.97. The third-order valence-corrected chi connectivity index (χ3v) is 5.32. The van der Waals surface area contributed by atoms with Crippen LogP contribution in [0.2, 0.25) is 5.02 Å². The average Bonchev–Trinajstić information content (AvgIpc) is 3.03. The summed E-state index contributed by atoms with van der Waals surface area (Å²) in [6.07, 6.45) is 0. The Balaban J connectivity index is 1.89. The summed E-state index contributed by atoms with van der Waals surface area (Å²) in [5.74, 6) is 0. The number of benzene rings is 4. The highest BCUT2D eigenvalue weighted by atomic mass is 35.5. The summed E-state index contributed by atoms with van der Waals surface area (Å²) in [5.41, 5.74) is 12.1. The number of hydrogen-bond acceptors (Lipinski definition) is 1. The fourth-order valence-corrected chi connectivity index (χ4v) is 4.12. The maximum atomic E-state index is 6.54. The molecular weight excluding hydrogens is 352 g/mol. The van der Waals surface area contributed by atoms with E-state index in [9.17, 15) is 0 Å². The van der Waals surface area contributed by atoms with Crippen LogP contribution < -0.4 is 5.73 Å². The van der Waals surface area contributed by atoms with Gasteiger partial charge in [0.25, 0.3) is 0 Å². The van der Waals surface area contributed by atoms with Crippen molar-refractivity contribution in [1.82, 2.24) is 4.57 Å². The third kappa shape index (κ3) is 2.49. The molecule has 5 rings (SSSR count). The SMILES string of the molecule is Nc1ccc(-c2ccccc2-n2c3ccccc3c3ccccc32)c(Cl)c1. The fourth-order valence-electron chi connectivity index (χ4n) is 3.83. The van der Waals surface area contributed by atoms with E-state index in [1.54, 1.807) is 6.07 Å². The van der Waals surface area contributed by atoms with Gasteiger partial charge in [-0.2, -0.15) is 0 Å². The van der Waals surface area contributed by atoms with Crippen molar-refractivity contribution in [3.05, 3.63) is 96.0 Å². The molecule has 0 saturated heterocycles. The molecule has 0 atom stereocenters. The first kappa shape index (κ1) is 16.0. The van der Waals surface area contributed by atoms with Gasteiger partial charge in [0.2, 0.25) is 0 Å². The number of anilines is 1. The number of para-hydroxylation sites is 3. The van der Waals surface area contributed by atoms with Crippen LogP contribution >= 0.6 is 11.6 Å². The van der Waals surface area contributed by atoms with Crippen molar-refractivity contribution in [2.75, 3.05) is 5.73 Å². The Morgan fingerprint density at radius 2 is 1.22 bits per heavy atom. The second-order valence-corrected chi connectivity index (χ2v) is 7.03. The molecule has 2 nitrogen and oxygen atoms in total. The van der Waals surface area contributed by atoms with Crippen molar-refractivity contribution in [2.24, 2.45) is 0 Å². The molecular formula is C24H17ClN2. The number of rotatable bonds is 2. The molecule has 0 saturated carbocycles. The summed E-state index contributed by atoms with van der Waals surface area (Å²) in [6, 6.07) is 31.0. The standard InChI is InChI=1S/C24H17ClN2/c25-21-15-16(26)13-14-17(21)18-7-1-4-10-22(18)27-23-11-5-2-8-19(23)20-9-3-6-12-24(20)27/h1-15H,26H2. The normalized spacial score (nSPS) is 11.3. The molecule has 0 amide bonds. The topological polar surface area (TPSA) is 30.9 Å². The molecule has 0 radical (unpaired) electrons. The zero-order valence-electron chi connectivity index (χ0n) is 14.6. The summed E-state index contributed by atoms with van der Waals surface area (Å²) < 4.78 is 2.31. The number of fused-ring (bicyclic) bond motifs is 3. The lowest BCUT2D eigenvalue weighted by Gasteiger charge is -2.15. The molecule has 1 aromatic heterocycles. The zero-order chi connectivity index (χ0) is 18.4. The van der Waals surface area contributed by atoms with E-state index in [2.05, 4.69) is 71.3 Å². The van der Waals surface area contributed by atoms with Crippen molar-refractivity contribution >= 4 is 39.1 Å². The van der Waals surface area contributed by atoms with Gasteiger partial charge in [-0.1, -0.05) is 72.3 Å². The highest BCUT2D eigenvalue weighted by Gasteiger charge is 2.15. The number of aromatic nitrogens is 1. The number of nitrogens with two attached hydrogens (primary N) is 1. The van der Waals surface area contributed by atoms with Gasteiger partial charge in [-0.25, -0.2) is 0 Å². The van der Waals surface area contributed by atoms with Crippen LogP contribution in [0, 0.1) is 0 Å². The Kier molecular flexibility index (Phi) is 3.66. The van der Waals surface area contributed by atoms with Crippen LogP contribution in [0.5, 0.6) is 0 Å². The van der Waals surface area contributed by atoms with Crippen molar-refractivity contribution in [2.45, 2.75) is 0 Å². The zero-order valence-corrected chi connectivity index (χ0v) is 15.3. The minimum absolute atomic E-state index is 0.656. The highest BCUT2D eigenvalue weighted by Crippen LogP contribution is 2.38. The molecule has 0 bridgehead atoms. The van der Waals surface area contributed by atoms with E-state index >= 15 is 0 Å². The van der Waals surface area contributed by atoms with Crippen molar-refractivity contribution in [1.29, 1.82) is 0 Å². The summed E-state index contributed by atoms with van der Waals surface area (Å²) in [5, 5.41) is 3.14. The molecule has 0 unspecified atom stereocenters. The molecule has 130 valence electrons. The van der Waals surface area contributed by atoms with Crippen LogP contribution in [0.1, 0.15) is 0 Å². The molecule has 2 N–H and O–H groups in total. The molecule has 4 aromatic carbocycles. The Morgan fingerprint density at radius 3 is 1.89 bits per heavy atom. The molecule has 0 aliphatic heterocycles. The molecule has 0 fully saturated rings. The maximum Gasteiger partial charge on any atom is 0.0541 e. The van der Waals surface area contributed by atoms with Crippen LogP contribution in [-0.2, 0) is 0 Å². The molecule has 1 heterocycles. The van der Waals surface area contributed by atoms with Crippen molar-refractivity contribution in [3.63, 3.8) is 0 Å². The summed E-state index contributed by atoms with van der Waals surface area (Å²) in [7, 11) is 0. The molecule has 0 aliphatic rings. The van der Waals surface area contributed by atoms with Crippen LogP contribution in [0.4, 0.5) is 5.69 Å². The molecule has 5 aromatic rings. The van der Waals surface area contributed by atoms with Gasteiger partial charge in [0.05, 0.1) is 21.7 Å². The second kappa shape index (κ2) is 6.19. The summed E-state index contributed by atoms with van der Waals surface area (Å²) in [4.78, 5) is 0. The molecule has 0 aliphatic carbocycles.